The number of methoxy groups -OCH3 is 1. The number of rotatable bonds is 8. The molecule has 5 nitrogen and oxygen atoms in total. The van der Waals surface area contributed by atoms with Gasteiger partial charge in [0.1, 0.15) is 5.71 Å². The number of benzene rings is 2. The molecule has 0 aromatic heterocycles. The molecule has 0 radical (unpaired) electrons. The molecule has 0 N–H and O–H groups in total. The topological polar surface area (TPSA) is 65.0 Å². The molecule has 1 aliphatic carbocycles. The van der Waals surface area contributed by atoms with E-state index in [1.165, 1.54) is 39.2 Å². The van der Waals surface area contributed by atoms with Crippen LogP contribution in [-0.4, -0.2) is 24.8 Å². The lowest BCUT2D eigenvalue weighted by atomic mass is 9.85. The first-order chi connectivity index (χ1) is 14.7. The van der Waals surface area contributed by atoms with E-state index in [9.17, 15) is 9.59 Å². The van der Waals surface area contributed by atoms with Gasteiger partial charge in [0.15, 0.2) is 0 Å². The highest BCUT2D eigenvalue weighted by atomic mass is 32.2. The van der Waals surface area contributed by atoms with Gasteiger partial charge in [0.05, 0.1) is 7.11 Å². The minimum atomic E-state index is -0.924. The monoisotopic (exact) mass is 425 g/mol. The Morgan fingerprint density at radius 1 is 0.967 bits per heavy atom. The third-order valence-corrected chi connectivity index (χ3v) is 6.28. The second-order valence-corrected chi connectivity index (χ2v) is 8.54. The van der Waals surface area contributed by atoms with Crippen molar-refractivity contribution in [3.05, 3.63) is 60.2 Å². The molecule has 0 amide bonds. The van der Waals surface area contributed by atoms with Crippen LogP contribution in [0.3, 0.4) is 0 Å². The van der Waals surface area contributed by atoms with Crippen LogP contribution in [0.25, 0.3) is 0 Å². The Morgan fingerprint density at radius 3 is 2.30 bits per heavy atom. The molecule has 0 saturated heterocycles. The number of carbonyl (C=O) groups is 2. The third-order valence-electron chi connectivity index (χ3n) is 5.27. The molecule has 6 heteroatoms. The number of ketones is 1. The van der Waals surface area contributed by atoms with Gasteiger partial charge in [-0.1, -0.05) is 67.2 Å². The minimum Gasteiger partial charge on any atom is -0.436 e. The van der Waals surface area contributed by atoms with E-state index in [4.69, 9.17) is 4.84 Å². The number of ether oxygens (including phenoxy) is 1. The molecule has 0 bridgehead atoms. The summed E-state index contributed by atoms with van der Waals surface area (Å²) < 4.78 is 4.47. The molecule has 0 unspecified atom stereocenters. The molecule has 1 saturated carbocycles. The fourth-order valence-corrected chi connectivity index (χ4v) is 4.45. The lowest BCUT2D eigenvalue weighted by Crippen LogP contribution is -2.18. The van der Waals surface area contributed by atoms with Gasteiger partial charge < -0.3 is 4.74 Å². The summed E-state index contributed by atoms with van der Waals surface area (Å²) in [6.07, 6.45) is 6.57. The van der Waals surface area contributed by atoms with E-state index in [0.717, 1.165) is 16.2 Å². The first-order valence-corrected chi connectivity index (χ1v) is 11.2. The summed E-state index contributed by atoms with van der Waals surface area (Å²) in [4.78, 5) is 31.3. The number of Topliss-reactive ketones (excluding diaryl/α,β-unsaturated/α-hetero) is 1. The highest BCUT2D eigenvalue weighted by Crippen LogP contribution is 2.29. The Bertz CT molecular complexity index is 859. The largest absolute Gasteiger partial charge is 0.534 e. The van der Waals surface area contributed by atoms with E-state index in [2.05, 4.69) is 9.89 Å². The summed E-state index contributed by atoms with van der Waals surface area (Å²) in [6, 6.07) is 17.5. The molecule has 0 spiro atoms. The molecular formula is C24H27NO4S. The van der Waals surface area contributed by atoms with Gasteiger partial charge in [-0.3, -0.25) is 9.63 Å². The second-order valence-electron chi connectivity index (χ2n) is 7.39. The number of nitrogens with zero attached hydrogens (tertiary/aromatic N) is 1. The maximum Gasteiger partial charge on any atom is 0.534 e. The van der Waals surface area contributed by atoms with Crippen molar-refractivity contribution in [2.45, 2.75) is 54.7 Å². The van der Waals surface area contributed by atoms with Crippen LogP contribution in [0.2, 0.25) is 0 Å². The Kier molecular flexibility index (Phi) is 8.51. The van der Waals surface area contributed by atoms with E-state index < -0.39 is 6.16 Å². The SMILES string of the molecule is COC(=O)O/N=C(\CCC1CCCCC1)C(=O)c1ccc(Sc2ccccc2)cc1. The summed E-state index contributed by atoms with van der Waals surface area (Å²) in [5.41, 5.74) is 0.790. The predicted octanol–water partition coefficient (Wildman–Crippen LogP) is 6.52. The summed E-state index contributed by atoms with van der Waals surface area (Å²) >= 11 is 1.64. The van der Waals surface area contributed by atoms with Crippen LogP contribution < -0.4 is 0 Å². The molecule has 2 aromatic carbocycles. The van der Waals surface area contributed by atoms with Crippen molar-refractivity contribution in [1.82, 2.24) is 0 Å². The number of carbonyl (C=O) groups excluding carboxylic acids is 2. The van der Waals surface area contributed by atoms with Crippen molar-refractivity contribution in [2.24, 2.45) is 11.1 Å². The molecule has 0 aliphatic heterocycles. The van der Waals surface area contributed by atoms with Crippen LogP contribution in [-0.2, 0) is 9.57 Å². The maximum atomic E-state index is 13.0. The molecule has 1 aliphatic rings. The quantitative estimate of drug-likeness (QED) is 0.158. The van der Waals surface area contributed by atoms with E-state index in [1.807, 2.05) is 42.5 Å². The average Bonchev–Trinajstić information content (AvgIpc) is 2.80. The van der Waals surface area contributed by atoms with Gasteiger partial charge in [-0.25, -0.2) is 4.79 Å². The number of hydrogen-bond donors (Lipinski definition) is 0. The van der Waals surface area contributed by atoms with E-state index in [0.29, 0.717) is 17.9 Å². The molecule has 2 aromatic rings. The fourth-order valence-electron chi connectivity index (χ4n) is 3.61. The zero-order chi connectivity index (χ0) is 21.2. The summed E-state index contributed by atoms with van der Waals surface area (Å²) in [5.74, 6) is 0.380. The number of oxime groups is 1. The van der Waals surface area contributed by atoms with Gasteiger partial charge in [-0.05, 0) is 55.2 Å². The maximum absolute atomic E-state index is 13.0. The lowest BCUT2D eigenvalue weighted by Gasteiger charge is -2.21. The Labute approximate surface area is 181 Å². The summed E-state index contributed by atoms with van der Waals surface area (Å²) in [5, 5.41) is 3.83. The zero-order valence-corrected chi connectivity index (χ0v) is 18.0. The molecule has 158 valence electrons. The van der Waals surface area contributed by atoms with Crippen molar-refractivity contribution < 1.29 is 19.2 Å². The minimum absolute atomic E-state index is 0.217. The van der Waals surface area contributed by atoms with E-state index in [-0.39, 0.29) is 11.5 Å². The van der Waals surface area contributed by atoms with Crippen LogP contribution >= 0.6 is 11.8 Å². The molecule has 0 heterocycles. The number of hydrogen-bond acceptors (Lipinski definition) is 6. The van der Waals surface area contributed by atoms with Crippen molar-refractivity contribution in [2.75, 3.05) is 7.11 Å². The molecule has 30 heavy (non-hydrogen) atoms. The highest BCUT2D eigenvalue weighted by Gasteiger charge is 2.20. The molecule has 0 atom stereocenters. The second kappa shape index (κ2) is 11.6. The molecular weight excluding hydrogens is 398 g/mol. The van der Waals surface area contributed by atoms with Crippen molar-refractivity contribution in [3.8, 4) is 0 Å². The zero-order valence-electron chi connectivity index (χ0n) is 17.2. The first kappa shape index (κ1) is 22.1. The van der Waals surface area contributed by atoms with Crippen molar-refractivity contribution in [3.63, 3.8) is 0 Å². The Balaban J connectivity index is 1.68. The van der Waals surface area contributed by atoms with Gasteiger partial charge in [-0.2, -0.15) is 0 Å². The predicted molar refractivity (Wildman–Crippen MR) is 118 cm³/mol. The van der Waals surface area contributed by atoms with Crippen LogP contribution in [0, 0.1) is 5.92 Å². The van der Waals surface area contributed by atoms with Crippen LogP contribution in [0.5, 0.6) is 0 Å². The van der Waals surface area contributed by atoms with Gasteiger partial charge in [0.2, 0.25) is 5.78 Å². The smallest absolute Gasteiger partial charge is 0.436 e. The highest BCUT2D eigenvalue weighted by molar-refractivity contribution is 7.99. The van der Waals surface area contributed by atoms with Crippen molar-refractivity contribution in [1.29, 1.82) is 0 Å². The van der Waals surface area contributed by atoms with Crippen molar-refractivity contribution >= 4 is 29.4 Å². The van der Waals surface area contributed by atoms with Crippen LogP contribution in [0.4, 0.5) is 4.79 Å². The van der Waals surface area contributed by atoms with Gasteiger partial charge in [-0.15, -0.1) is 0 Å². The molecule has 1 fully saturated rings. The van der Waals surface area contributed by atoms with E-state index >= 15 is 0 Å². The Morgan fingerprint density at radius 2 is 1.63 bits per heavy atom. The van der Waals surface area contributed by atoms with E-state index in [1.54, 1.807) is 23.9 Å². The standard InChI is InChI=1S/C24H27NO4S/c1-28-24(27)29-25-22(17-12-18-8-4-2-5-9-18)23(26)19-13-15-21(16-14-19)30-20-10-6-3-7-11-20/h3,6-7,10-11,13-16,18H,2,4-5,8-9,12,17H2,1H3/b25-22+. The van der Waals surface area contributed by atoms with Gasteiger partial charge >= 0.3 is 6.16 Å². The molecule has 3 rings (SSSR count). The first-order valence-electron chi connectivity index (χ1n) is 10.3. The fraction of sp³-hybridized carbons (Fsp3) is 0.375. The summed E-state index contributed by atoms with van der Waals surface area (Å²) in [7, 11) is 1.21. The van der Waals surface area contributed by atoms with Gasteiger partial charge in [0.25, 0.3) is 0 Å². The Hall–Kier alpha value is -2.60. The van der Waals surface area contributed by atoms with Gasteiger partial charge in [0, 0.05) is 15.4 Å². The van der Waals surface area contributed by atoms with Crippen LogP contribution in [0.1, 0.15) is 55.3 Å². The average molecular weight is 426 g/mol. The summed E-state index contributed by atoms with van der Waals surface area (Å²) in [6.45, 7) is 0. The van der Waals surface area contributed by atoms with Crippen LogP contribution in [0.15, 0.2) is 69.5 Å². The lowest BCUT2D eigenvalue weighted by molar-refractivity contribution is 0.0745. The normalized spacial score (nSPS) is 14.9. The third kappa shape index (κ3) is 6.73.